The van der Waals surface area contributed by atoms with Crippen molar-refractivity contribution in [3.63, 3.8) is 0 Å². The Labute approximate surface area is 174 Å². The highest BCUT2D eigenvalue weighted by Crippen LogP contribution is 2.37. The zero-order valence-electron chi connectivity index (χ0n) is 15.8. The molecular formula is C21H24ClN4OS+. The average molecular weight is 416 g/mol. The van der Waals surface area contributed by atoms with Crippen LogP contribution in [0.4, 0.5) is 10.7 Å². The molecule has 2 heterocycles. The van der Waals surface area contributed by atoms with Crippen molar-refractivity contribution in [3.05, 3.63) is 45.3 Å². The van der Waals surface area contributed by atoms with E-state index < -0.39 is 0 Å². The lowest BCUT2D eigenvalue weighted by atomic mass is 9.96. The minimum absolute atomic E-state index is 0.00121. The third kappa shape index (κ3) is 4.17. The molecule has 146 valence electrons. The first-order valence-corrected chi connectivity index (χ1v) is 11.0. The highest BCUT2D eigenvalue weighted by molar-refractivity contribution is 7.16. The molecule has 4 rings (SSSR count). The molecule has 1 aliphatic heterocycles. The lowest BCUT2D eigenvalue weighted by Gasteiger charge is -2.33. The number of thiophene rings is 1. The van der Waals surface area contributed by atoms with E-state index in [1.165, 1.54) is 16.2 Å². The van der Waals surface area contributed by atoms with E-state index in [0.29, 0.717) is 12.1 Å². The molecule has 1 aromatic carbocycles. The van der Waals surface area contributed by atoms with Gasteiger partial charge in [-0.1, -0.05) is 17.7 Å². The quantitative estimate of drug-likeness (QED) is 0.806. The van der Waals surface area contributed by atoms with Crippen LogP contribution in [0.1, 0.15) is 28.8 Å². The molecule has 0 radical (unpaired) electrons. The summed E-state index contributed by atoms with van der Waals surface area (Å²) in [6.07, 6.45) is 4.29. The standard InChI is InChI=1S/C21H23ClN4OS/c22-15-4-3-5-16(12-15)26-10-8-25(9-11-26)14-20(27)24-21-18(13-23)17-6-1-2-7-19(17)28-21/h3-5,12H,1-2,6-11,14H2,(H,24,27)/p+1. The van der Waals surface area contributed by atoms with Gasteiger partial charge in [-0.25, -0.2) is 0 Å². The average Bonchev–Trinajstić information content (AvgIpc) is 3.05. The van der Waals surface area contributed by atoms with Gasteiger partial charge >= 0.3 is 0 Å². The topological polar surface area (TPSA) is 60.6 Å². The van der Waals surface area contributed by atoms with E-state index in [1.807, 2.05) is 18.2 Å². The van der Waals surface area contributed by atoms with Crippen LogP contribution < -0.4 is 15.1 Å². The van der Waals surface area contributed by atoms with Crippen LogP contribution in [-0.4, -0.2) is 38.6 Å². The molecule has 0 bridgehead atoms. The molecule has 1 amide bonds. The number of benzene rings is 1. The molecule has 28 heavy (non-hydrogen) atoms. The van der Waals surface area contributed by atoms with Crippen LogP contribution in [0.5, 0.6) is 0 Å². The van der Waals surface area contributed by atoms with Crippen molar-refractivity contribution in [2.24, 2.45) is 0 Å². The fourth-order valence-corrected chi connectivity index (χ4v) is 5.54. The summed E-state index contributed by atoms with van der Waals surface area (Å²) in [5, 5.41) is 14.1. The van der Waals surface area contributed by atoms with E-state index in [0.717, 1.165) is 66.7 Å². The molecule has 1 fully saturated rings. The van der Waals surface area contributed by atoms with Crippen molar-refractivity contribution in [3.8, 4) is 6.07 Å². The molecule has 5 nitrogen and oxygen atoms in total. The van der Waals surface area contributed by atoms with Gasteiger partial charge in [-0.15, -0.1) is 11.3 Å². The van der Waals surface area contributed by atoms with Crippen LogP contribution >= 0.6 is 22.9 Å². The van der Waals surface area contributed by atoms with Crippen LogP contribution in [-0.2, 0) is 17.6 Å². The van der Waals surface area contributed by atoms with E-state index in [1.54, 1.807) is 11.3 Å². The van der Waals surface area contributed by atoms with E-state index in [-0.39, 0.29) is 5.91 Å². The maximum atomic E-state index is 12.6. The number of nitrogens with one attached hydrogen (secondary N) is 2. The van der Waals surface area contributed by atoms with Gasteiger partial charge in [-0.2, -0.15) is 5.26 Å². The van der Waals surface area contributed by atoms with Gasteiger partial charge in [0.15, 0.2) is 6.54 Å². The fraction of sp³-hybridized carbons (Fsp3) is 0.429. The molecule has 1 saturated heterocycles. The Balaban J connectivity index is 1.33. The highest BCUT2D eigenvalue weighted by atomic mass is 35.5. The highest BCUT2D eigenvalue weighted by Gasteiger charge is 2.25. The summed E-state index contributed by atoms with van der Waals surface area (Å²) in [6.45, 7) is 4.06. The number of nitriles is 1. The van der Waals surface area contributed by atoms with Gasteiger partial charge in [0.05, 0.1) is 31.7 Å². The Morgan fingerprint density at radius 3 is 2.82 bits per heavy atom. The SMILES string of the molecule is N#Cc1c(NC(=O)C[NH+]2CCN(c3cccc(Cl)c3)CC2)sc2c1CCCC2. The Kier molecular flexibility index (Phi) is 5.86. The summed E-state index contributed by atoms with van der Waals surface area (Å²) in [7, 11) is 0. The van der Waals surface area contributed by atoms with E-state index >= 15 is 0 Å². The van der Waals surface area contributed by atoms with Crippen LogP contribution in [0.15, 0.2) is 24.3 Å². The molecule has 1 aromatic heterocycles. The van der Waals surface area contributed by atoms with Gasteiger partial charge in [-0.05, 0) is 49.4 Å². The lowest BCUT2D eigenvalue weighted by molar-refractivity contribution is -0.892. The number of amides is 1. The summed E-state index contributed by atoms with van der Waals surface area (Å²) >= 11 is 7.69. The Morgan fingerprint density at radius 2 is 2.07 bits per heavy atom. The van der Waals surface area contributed by atoms with Crippen LogP contribution in [0.3, 0.4) is 0 Å². The number of rotatable bonds is 4. The number of carbonyl (C=O) groups excluding carboxylic acids is 1. The first kappa shape index (κ1) is 19.3. The Morgan fingerprint density at radius 1 is 1.29 bits per heavy atom. The van der Waals surface area contributed by atoms with Crippen molar-refractivity contribution in [2.45, 2.75) is 25.7 Å². The molecule has 2 N–H and O–H groups in total. The molecule has 0 atom stereocenters. The summed E-state index contributed by atoms with van der Waals surface area (Å²) < 4.78 is 0. The smallest absolute Gasteiger partial charge is 0.280 e. The molecule has 0 saturated carbocycles. The van der Waals surface area contributed by atoms with Crippen molar-refractivity contribution in [2.75, 3.05) is 42.9 Å². The Hall–Kier alpha value is -2.07. The maximum absolute atomic E-state index is 12.6. The summed E-state index contributed by atoms with van der Waals surface area (Å²) in [5.74, 6) is 0.00121. The number of aryl methyl sites for hydroxylation is 1. The number of anilines is 2. The van der Waals surface area contributed by atoms with Gasteiger partial charge in [0, 0.05) is 15.6 Å². The molecule has 2 aliphatic rings. The molecule has 2 aromatic rings. The molecule has 0 spiro atoms. The second-order valence-corrected chi connectivity index (χ2v) is 9.01. The van der Waals surface area contributed by atoms with Crippen molar-refractivity contribution in [1.82, 2.24) is 0 Å². The van der Waals surface area contributed by atoms with Crippen molar-refractivity contribution >= 4 is 39.5 Å². The second-order valence-electron chi connectivity index (χ2n) is 7.47. The number of halogens is 1. The zero-order chi connectivity index (χ0) is 19.5. The summed E-state index contributed by atoms with van der Waals surface area (Å²) in [4.78, 5) is 17.5. The third-order valence-corrected chi connectivity index (χ3v) is 7.03. The normalized spacial score (nSPS) is 17.1. The summed E-state index contributed by atoms with van der Waals surface area (Å²) in [6, 6.07) is 10.2. The van der Waals surface area contributed by atoms with Gasteiger partial charge in [0.1, 0.15) is 11.1 Å². The molecule has 0 unspecified atom stereocenters. The Bertz CT molecular complexity index is 912. The lowest BCUT2D eigenvalue weighted by Crippen LogP contribution is -3.15. The van der Waals surface area contributed by atoms with Crippen LogP contribution in [0, 0.1) is 11.3 Å². The van der Waals surface area contributed by atoms with Gasteiger partial charge in [0.2, 0.25) is 0 Å². The zero-order valence-corrected chi connectivity index (χ0v) is 17.3. The number of nitrogens with zero attached hydrogens (tertiary/aromatic N) is 2. The predicted molar refractivity (Wildman–Crippen MR) is 114 cm³/mol. The number of piperazine rings is 1. The number of carbonyl (C=O) groups is 1. The van der Waals surface area contributed by atoms with Gasteiger partial charge in [-0.3, -0.25) is 4.79 Å². The number of hydrogen-bond donors (Lipinski definition) is 2. The first-order chi connectivity index (χ1) is 13.6. The monoisotopic (exact) mass is 415 g/mol. The second kappa shape index (κ2) is 8.52. The predicted octanol–water partition coefficient (Wildman–Crippen LogP) is 2.50. The third-order valence-electron chi connectivity index (χ3n) is 5.59. The molecule has 1 aliphatic carbocycles. The molecular weight excluding hydrogens is 392 g/mol. The number of hydrogen-bond acceptors (Lipinski definition) is 4. The van der Waals surface area contributed by atoms with E-state index in [2.05, 4.69) is 22.4 Å². The minimum Gasteiger partial charge on any atom is -0.360 e. The fourth-order valence-electron chi connectivity index (χ4n) is 4.10. The largest absolute Gasteiger partial charge is 0.360 e. The van der Waals surface area contributed by atoms with E-state index in [4.69, 9.17) is 11.6 Å². The minimum atomic E-state index is 0.00121. The van der Waals surface area contributed by atoms with E-state index in [9.17, 15) is 10.1 Å². The maximum Gasteiger partial charge on any atom is 0.280 e. The van der Waals surface area contributed by atoms with Gasteiger partial charge < -0.3 is 15.1 Å². The van der Waals surface area contributed by atoms with Crippen LogP contribution in [0.2, 0.25) is 5.02 Å². The number of quaternary nitrogens is 1. The van der Waals surface area contributed by atoms with Crippen molar-refractivity contribution in [1.29, 1.82) is 5.26 Å². The summed E-state index contributed by atoms with van der Waals surface area (Å²) in [5.41, 5.74) is 2.99. The molecule has 7 heteroatoms. The van der Waals surface area contributed by atoms with Crippen molar-refractivity contribution < 1.29 is 9.69 Å². The van der Waals surface area contributed by atoms with Crippen LogP contribution in [0.25, 0.3) is 0 Å². The first-order valence-electron chi connectivity index (χ1n) is 9.82. The number of fused-ring (bicyclic) bond motifs is 1. The van der Waals surface area contributed by atoms with Gasteiger partial charge in [0.25, 0.3) is 5.91 Å².